The van der Waals surface area contributed by atoms with Crippen molar-refractivity contribution in [2.45, 2.75) is 50.7 Å². The van der Waals surface area contributed by atoms with Crippen LogP contribution in [0.25, 0.3) is 0 Å². The van der Waals surface area contributed by atoms with E-state index in [9.17, 15) is 0 Å². The molecular formula is C13H25S+. The summed E-state index contributed by atoms with van der Waals surface area (Å²) in [6, 6.07) is 0. The summed E-state index contributed by atoms with van der Waals surface area (Å²) >= 11 is 0. The van der Waals surface area contributed by atoms with E-state index in [2.05, 4.69) is 19.4 Å². The van der Waals surface area contributed by atoms with Crippen LogP contribution in [0.4, 0.5) is 0 Å². The minimum atomic E-state index is 0.665. The van der Waals surface area contributed by atoms with E-state index in [4.69, 9.17) is 0 Å². The van der Waals surface area contributed by atoms with E-state index in [0.29, 0.717) is 10.9 Å². The lowest BCUT2D eigenvalue weighted by atomic mass is 9.66. The predicted molar refractivity (Wildman–Crippen MR) is 66.8 cm³/mol. The predicted octanol–water partition coefficient (Wildman–Crippen LogP) is 3.47. The van der Waals surface area contributed by atoms with E-state index in [1.165, 1.54) is 25.7 Å². The number of hydrogen-bond acceptors (Lipinski definition) is 0. The first-order chi connectivity index (χ1) is 6.70. The van der Waals surface area contributed by atoms with Crippen LogP contribution < -0.4 is 0 Å². The normalized spacial score (nSPS) is 43.7. The summed E-state index contributed by atoms with van der Waals surface area (Å²) in [5, 5.41) is 1.08. The SMILES string of the molecule is CC1CCC([S+](C)C)C2CCCCC12. The maximum absolute atomic E-state index is 2.50. The van der Waals surface area contributed by atoms with Gasteiger partial charge >= 0.3 is 0 Å². The van der Waals surface area contributed by atoms with Crippen LogP contribution in [-0.2, 0) is 10.9 Å². The first kappa shape index (κ1) is 10.9. The first-order valence-corrected chi connectivity index (χ1v) is 8.37. The molecule has 2 aliphatic carbocycles. The molecule has 0 nitrogen and oxygen atoms in total. The summed E-state index contributed by atoms with van der Waals surface area (Å²) in [6.45, 7) is 2.50. The van der Waals surface area contributed by atoms with Gasteiger partial charge in [0, 0.05) is 5.92 Å². The maximum Gasteiger partial charge on any atom is 0.120 e. The topological polar surface area (TPSA) is 0 Å². The lowest BCUT2D eigenvalue weighted by molar-refractivity contribution is 0.120. The number of rotatable bonds is 1. The van der Waals surface area contributed by atoms with Gasteiger partial charge in [-0.3, -0.25) is 0 Å². The van der Waals surface area contributed by atoms with Crippen molar-refractivity contribution in [1.82, 2.24) is 0 Å². The molecule has 2 fully saturated rings. The van der Waals surface area contributed by atoms with Gasteiger partial charge in [-0.15, -0.1) is 0 Å². The van der Waals surface area contributed by atoms with Crippen LogP contribution in [0.5, 0.6) is 0 Å². The van der Waals surface area contributed by atoms with Crippen molar-refractivity contribution in [3.05, 3.63) is 0 Å². The van der Waals surface area contributed by atoms with Crippen molar-refractivity contribution in [2.24, 2.45) is 17.8 Å². The van der Waals surface area contributed by atoms with E-state index in [1.807, 2.05) is 0 Å². The van der Waals surface area contributed by atoms with Crippen molar-refractivity contribution in [3.8, 4) is 0 Å². The quantitative estimate of drug-likeness (QED) is 0.585. The van der Waals surface area contributed by atoms with Crippen molar-refractivity contribution in [2.75, 3.05) is 12.5 Å². The summed E-state index contributed by atoms with van der Waals surface area (Å²) in [5.74, 6) is 3.23. The Hall–Kier alpha value is 0.350. The van der Waals surface area contributed by atoms with E-state index >= 15 is 0 Å². The zero-order valence-corrected chi connectivity index (χ0v) is 10.8. The molecule has 0 aromatic heterocycles. The Morgan fingerprint density at radius 1 is 0.857 bits per heavy atom. The Morgan fingerprint density at radius 3 is 2.14 bits per heavy atom. The average molecular weight is 213 g/mol. The van der Waals surface area contributed by atoms with Crippen molar-refractivity contribution >= 4 is 10.9 Å². The van der Waals surface area contributed by atoms with Gasteiger partial charge < -0.3 is 0 Å². The zero-order chi connectivity index (χ0) is 10.1. The minimum absolute atomic E-state index is 0.665. The molecule has 0 saturated heterocycles. The molecule has 2 saturated carbocycles. The van der Waals surface area contributed by atoms with Gasteiger partial charge in [0.25, 0.3) is 0 Å². The molecule has 4 unspecified atom stereocenters. The largest absolute Gasteiger partial charge is 0.120 e. The summed E-state index contributed by atoms with van der Waals surface area (Å²) < 4.78 is 0. The first-order valence-electron chi connectivity index (χ1n) is 6.26. The smallest absolute Gasteiger partial charge is 0.0622 e. The molecule has 0 aromatic carbocycles. The van der Waals surface area contributed by atoms with Crippen molar-refractivity contribution in [1.29, 1.82) is 0 Å². The fourth-order valence-corrected chi connectivity index (χ4v) is 5.44. The van der Waals surface area contributed by atoms with E-state index in [1.54, 1.807) is 12.8 Å². The molecule has 0 heterocycles. The van der Waals surface area contributed by atoms with E-state index < -0.39 is 0 Å². The molecule has 0 N–H and O–H groups in total. The van der Waals surface area contributed by atoms with Crippen LogP contribution in [-0.4, -0.2) is 17.8 Å². The molecule has 2 aliphatic rings. The highest BCUT2D eigenvalue weighted by Gasteiger charge is 2.43. The molecule has 0 bridgehead atoms. The molecule has 0 aromatic rings. The van der Waals surface area contributed by atoms with Crippen LogP contribution in [0.3, 0.4) is 0 Å². The van der Waals surface area contributed by atoms with Gasteiger partial charge in [-0.1, -0.05) is 19.8 Å². The van der Waals surface area contributed by atoms with Gasteiger partial charge in [-0.25, -0.2) is 0 Å². The second-order valence-electron chi connectivity index (χ2n) is 5.58. The van der Waals surface area contributed by atoms with Gasteiger partial charge in [0.05, 0.1) is 12.5 Å². The molecule has 0 radical (unpaired) electrons. The third-order valence-electron chi connectivity index (χ3n) is 4.60. The highest BCUT2D eigenvalue weighted by molar-refractivity contribution is 7.96. The fraction of sp³-hybridized carbons (Fsp3) is 1.00. The third kappa shape index (κ3) is 1.98. The molecule has 1 heteroatoms. The van der Waals surface area contributed by atoms with Crippen LogP contribution in [0.2, 0.25) is 0 Å². The van der Waals surface area contributed by atoms with Crippen LogP contribution in [0, 0.1) is 17.8 Å². The lowest BCUT2D eigenvalue weighted by Crippen LogP contribution is -2.42. The van der Waals surface area contributed by atoms with Crippen LogP contribution in [0.15, 0.2) is 0 Å². The standard InChI is InChI=1S/C13H25S/c1-10-8-9-13(14(2)3)12-7-5-4-6-11(10)12/h10-13H,4-9H2,1-3H3/q+1. The van der Waals surface area contributed by atoms with Crippen molar-refractivity contribution in [3.63, 3.8) is 0 Å². The summed E-state index contributed by atoms with van der Waals surface area (Å²) in [4.78, 5) is 0. The Morgan fingerprint density at radius 2 is 1.50 bits per heavy atom. The number of fused-ring (bicyclic) bond motifs is 1. The Kier molecular flexibility index (Phi) is 3.46. The van der Waals surface area contributed by atoms with Crippen LogP contribution in [0.1, 0.15) is 45.4 Å². The molecule has 82 valence electrons. The average Bonchev–Trinajstić information content (AvgIpc) is 2.18. The molecule has 4 atom stereocenters. The summed E-state index contributed by atoms with van der Waals surface area (Å²) in [5.41, 5.74) is 0. The van der Waals surface area contributed by atoms with Gasteiger partial charge in [-0.2, -0.15) is 0 Å². The summed E-state index contributed by atoms with van der Waals surface area (Å²) in [7, 11) is 0.665. The Labute approximate surface area is 92.2 Å². The van der Waals surface area contributed by atoms with E-state index in [-0.39, 0.29) is 0 Å². The summed E-state index contributed by atoms with van der Waals surface area (Å²) in [6.07, 6.45) is 14.1. The lowest BCUT2D eigenvalue weighted by Gasteiger charge is -2.43. The molecule has 14 heavy (non-hydrogen) atoms. The van der Waals surface area contributed by atoms with Gasteiger partial charge in [0.2, 0.25) is 0 Å². The molecule has 0 spiro atoms. The van der Waals surface area contributed by atoms with Crippen molar-refractivity contribution < 1.29 is 0 Å². The maximum atomic E-state index is 2.50. The fourth-order valence-electron chi connectivity index (χ4n) is 3.80. The van der Waals surface area contributed by atoms with E-state index in [0.717, 1.165) is 23.0 Å². The second kappa shape index (κ2) is 4.47. The molecule has 2 rings (SSSR count). The highest BCUT2D eigenvalue weighted by Crippen LogP contribution is 2.45. The van der Waals surface area contributed by atoms with Gasteiger partial charge in [0.1, 0.15) is 5.25 Å². The molecule has 0 aliphatic heterocycles. The minimum Gasteiger partial charge on any atom is -0.0622 e. The second-order valence-corrected chi connectivity index (χ2v) is 7.95. The Bertz CT molecular complexity index is 186. The number of hydrogen-bond donors (Lipinski definition) is 0. The van der Waals surface area contributed by atoms with Crippen LogP contribution >= 0.6 is 0 Å². The zero-order valence-electron chi connectivity index (χ0n) is 9.96. The van der Waals surface area contributed by atoms with Gasteiger partial charge in [0.15, 0.2) is 0 Å². The van der Waals surface area contributed by atoms with Gasteiger partial charge in [-0.05, 0) is 48.4 Å². The molecule has 0 amide bonds. The highest BCUT2D eigenvalue weighted by atomic mass is 32.2. The third-order valence-corrected chi connectivity index (χ3v) is 6.39. The molecular weight excluding hydrogens is 188 g/mol. The Balaban J connectivity index is 2.08. The monoisotopic (exact) mass is 213 g/mol.